The maximum absolute atomic E-state index is 10.5. The van der Waals surface area contributed by atoms with E-state index in [9.17, 15) is 9.90 Å². The molecule has 2 N–H and O–H groups in total. The zero-order chi connectivity index (χ0) is 15.6. The summed E-state index contributed by atoms with van der Waals surface area (Å²) in [7, 11) is 0. The molecule has 0 aliphatic heterocycles. The van der Waals surface area contributed by atoms with Crippen LogP contribution in [0.5, 0.6) is 11.5 Å². The number of benzene rings is 2. The topological polar surface area (TPSA) is 66.8 Å². The van der Waals surface area contributed by atoms with E-state index in [1.165, 1.54) is 0 Å². The number of hydrogen-bond acceptors (Lipinski definition) is 3. The van der Waals surface area contributed by atoms with Crippen molar-refractivity contribution in [3.05, 3.63) is 58.1 Å². The highest BCUT2D eigenvalue weighted by Crippen LogP contribution is 2.36. The highest BCUT2D eigenvalue weighted by Gasteiger charge is 2.24. The molecule has 0 aliphatic carbocycles. The van der Waals surface area contributed by atoms with Crippen molar-refractivity contribution >= 4 is 22.1 Å². The molecule has 0 bridgehead atoms. The van der Waals surface area contributed by atoms with Crippen molar-refractivity contribution in [2.45, 2.75) is 19.3 Å². The molecule has 0 atom stereocenters. The summed E-state index contributed by atoms with van der Waals surface area (Å²) in [6.07, 6.45) is -1.33. The molecule has 0 aliphatic rings. The first kappa shape index (κ1) is 15.4. The van der Waals surface area contributed by atoms with Gasteiger partial charge in [0.05, 0.1) is 4.47 Å². The van der Waals surface area contributed by atoms with Gasteiger partial charge in [-0.2, -0.15) is 0 Å². The SMILES string of the molecule is CC(C)(c1ccc(OC(=O)O)cc1)c1ccc(O)c(Br)c1. The summed E-state index contributed by atoms with van der Waals surface area (Å²) >= 11 is 3.31. The highest BCUT2D eigenvalue weighted by atomic mass is 79.9. The molecule has 21 heavy (non-hydrogen) atoms. The summed E-state index contributed by atoms with van der Waals surface area (Å²) in [5.74, 6) is 0.480. The minimum absolute atomic E-state index is 0.194. The smallest absolute Gasteiger partial charge is 0.507 e. The van der Waals surface area contributed by atoms with Crippen LogP contribution in [-0.4, -0.2) is 16.4 Å². The van der Waals surface area contributed by atoms with E-state index in [0.29, 0.717) is 4.47 Å². The largest absolute Gasteiger partial charge is 0.511 e. The Kier molecular flexibility index (Phi) is 4.23. The summed E-state index contributed by atoms with van der Waals surface area (Å²) in [4.78, 5) is 10.5. The second kappa shape index (κ2) is 5.77. The Morgan fingerprint density at radius 3 is 2.19 bits per heavy atom. The maximum Gasteiger partial charge on any atom is 0.511 e. The number of carboxylic acid groups (broad SMARTS) is 1. The van der Waals surface area contributed by atoms with Crippen molar-refractivity contribution in [1.29, 1.82) is 0 Å². The number of hydrogen-bond donors (Lipinski definition) is 2. The number of rotatable bonds is 3. The van der Waals surface area contributed by atoms with Gasteiger partial charge in [-0.25, -0.2) is 4.79 Å². The Balaban J connectivity index is 2.34. The van der Waals surface area contributed by atoms with E-state index in [0.717, 1.165) is 11.1 Å². The zero-order valence-electron chi connectivity index (χ0n) is 11.6. The summed E-state index contributed by atoms with van der Waals surface area (Å²) in [6, 6.07) is 12.3. The number of aromatic hydroxyl groups is 1. The number of phenols is 1. The first-order valence-corrected chi connectivity index (χ1v) is 7.10. The van der Waals surface area contributed by atoms with Crippen molar-refractivity contribution in [3.8, 4) is 11.5 Å². The van der Waals surface area contributed by atoms with Crippen LogP contribution < -0.4 is 4.74 Å². The lowest BCUT2D eigenvalue weighted by atomic mass is 9.78. The highest BCUT2D eigenvalue weighted by molar-refractivity contribution is 9.10. The summed E-state index contributed by atoms with van der Waals surface area (Å²) in [5, 5.41) is 18.2. The Morgan fingerprint density at radius 1 is 1.10 bits per heavy atom. The van der Waals surface area contributed by atoms with Crippen LogP contribution in [0.15, 0.2) is 46.9 Å². The van der Waals surface area contributed by atoms with Crippen LogP contribution in [0, 0.1) is 0 Å². The molecule has 0 radical (unpaired) electrons. The quantitative estimate of drug-likeness (QED) is 0.629. The van der Waals surface area contributed by atoms with Gasteiger partial charge in [-0.1, -0.05) is 32.0 Å². The van der Waals surface area contributed by atoms with Crippen LogP contribution in [0.2, 0.25) is 0 Å². The van der Waals surface area contributed by atoms with Crippen LogP contribution >= 0.6 is 15.9 Å². The van der Waals surface area contributed by atoms with Crippen molar-refractivity contribution in [1.82, 2.24) is 0 Å². The number of carbonyl (C=O) groups is 1. The van der Waals surface area contributed by atoms with Gasteiger partial charge < -0.3 is 14.9 Å². The lowest BCUT2D eigenvalue weighted by Gasteiger charge is -2.26. The van der Waals surface area contributed by atoms with Crippen LogP contribution in [0.4, 0.5) is 4.79 Å². The second-order valence-corrected chi connectivity index (χ2v) is 6.04. The molecular formula is C16H15BrO4. The molecule has 0 aromatic heterocycles. The predicted molar refractivity (Wildman–Crippen MR) is 83.0 cm³/mol. The lowest BCUT2D eigenvalue weighted by Crippen LogP contribution is -2.18. The molecule has 0 saturated carbocycles. The van der Waals surface area contributed by atoms with Gasteiger partial charge in [-0.05, 0) is 51.3 Å². The fraction of sp³-hybridized carbons (Fsp3) is 0.188. The first-order chi connectivity index (χ1) is 9.80. The van der Waals surface area contributed by atoms with Gasteiger partial charge in [-0.15, -0.1) is 0 Å². The van der Waals surface area contributed by atoms with Gasteiger partial charge in [0.1, 0.15) is 11.5 Å². The standard InChI is InChI=1S/C16H15BrO4/c1-16(2,11-5-8-14(18)13(17)9-11)10-3-6-12(7-4-10)21-15(19)20/h3-9,18H,1-2H3,(H,19,20). The molecule has 2 aromatic carbocycles. The number of halogens is 1. The van der Waals surface area contributed by atoms with Crippen molar-refractivity contribution < 1.29 is 19.7 Å². The molecule has 2 rings (SSSR count). The third kappa shape index (κ3) is 3.36. The van der Waals surface area contributed by atoms with E-state index in [-0.39, 0.29) is 16.9 Å². The minimum Gasteiger partial charge on any atom is -0.507 e. The number of ether oxygens (including phenoxy) is 1. The van der Waals surface area contributed by atoms with Crippen molar-refractivity contribution in [3.63, 3.8) is 0 Å². The predicted octanol–water partition coefficient (Wildman–Crippen LogP) is 4.54. The van der Waals surface area contributed by atoms with Crippen LogP contribution in [0.1, 0.15) is 25.0 Å². The second-order valence-electron chi connectivity index (χ2n) is 5.18. The van der Waals surface area contributed by atoms with Gasteiger partial charge in [0.25, 0.3) is 0 Å². The van der Waals surface area contributed by atoms with Crippen molar-refractivity contribution in [2.24, 2.45) is 0 Å². The molecule has 0 amide bonds. The average molecular weight is 351 g/mol. The zero-order valence-corrected chi connectivity index (χ0v) is 13.2. The molecule has 0 spiro atoms. The Labute approximate surface area is 131 Å². The van der Waals surface area contributed by atoms with Crippen molar-refractivity contribution in [2.75, 3.05) is 0 Å². The van der Waals surface area contributed by atoms with E-state index >= 15 is 0 Å². The average Bonchev–Trinajstić information content (AvgIpc) is 2.41. The Hall–Kier alpha value is -2.01. The molecule has 0 fully saturated rings. The third-order valence-electron chi connectivity index (χ3n) is 3.45. The first-order valence-electron chi connectivity index (χ1n) is 6.31. The van der Waals surface area contributed by atoms with E-state index in [1.54, 1.807) is 18.2 Å². The maximum atomic E-state index is 10.5. The van der Waals surface area contributed by atoms with Crippen LogP contribution in [0.3, 0.4) is 0 Å². The molecule has 4 nitrogen and oxygen atoms in total. The Bertz CT molecular complexity index is 662. The van der Waals surface area contributed by atoms with Gasteiger partial charge >= 0.3 is 6.16 Å². The monoisotopic (exact) mass is 350 g/mol. The van der Waals surface area contributed by atoms with Gasteiger partial charge in [0, 0.05) is 5.41 Å². The molecule has 5 heteroatoms. The molecule has 2 aromatic rings. The third-order valence-corrected chi connectivity index (χ3v) is 4.09. The lowest BCUT2D eigenvalue weighted by molar-refractivity contribution is 0.144. The molecular weight excluding hydrogens is 336 g/mol. The Morgan fingerprint density at radius 2 is 1.67 bits per heavy atom. The minimum atomic E-state index is -1.33. The van der Waals surface area contributed by atoms with Gasteiger partial charge in [0.2, 0.25) is 0 Å². The van der Waals surface area contributed by atoms with Gasteiger partial charge in [0.15, 0.2) is 0 Å². The van der Waals surface area contributed by atoms with Gasteiger partial charge in [-0.3, -0.25) is 0 Å². The fourth-order valence-electron chi connectivity index (χ4n) is 2.10. The molecule has 0 saturated heterocycles. The molecule has 110 valence electrons. The molecule has 0 heterocycles. The van der Waals surface area contributed by atoms with Crippen LogP contribution in [0.25, 0.3) is 0 Å². The fourth-order valence-corrected chi connectivity index (χ4v) is 2.48. The summed E-state index contributed by atoms with van der Waals surface area (Å²) in [5.41, 5.74) is 1.75. The van der Waals surface area contributed by atoms with E-state index in [4.69, 9.17) is 5.11 Å². The van der Waals surface area contributed by atoms with E-state index < -0.39 is 6.16 Å². The van der Waals surface area contributed by atoms with Crippen LogP contribution in [-0.2, 0) is 5.41 Å². The summed E-state index contributed by atoms with van der Waals surface area (Å²) < 4.78 is 5.24. The van der Waals surface area contributed by atoms with E-state index in [2.05, 4.69) is 34.5 Å². The molecule has 0 unspecified atom stereocenters. The normalized spacial score (nSPS) is 11.2. The van der Waals surface area contributed by atoms with E-state index in [1.807, 2.05) is 24.3 Å². The number of phenolic OH excluding ortho intramolecular Hbond substituents is 1. The summed E-state index contributed by atoms with van der Waals surface area (Å²) in [6.45, 7) is 4.11.